The lowest BCUT2D eigenvalue weighted by atomic mass is 10.4. The molecule has 5 nitrogen and oxygen atoms in total. The van der Waals surface area contributed by atoms with Gasteiger partial charge in [0.2, 0.25) is 0 Å². The number of carboxylic acids is 1. The number of sulfone groups is 1. The Hall–Kier alpha value is -0.620. The second kappa shape index (κ2) is 3.86. The van der Waals surface area contributed by atoms with Crippen molar-refractivity contribution in [3.8, 4) is 0 Å². The first kappa shape index (κ1) is 11.4. The Morgan fingerprint density at radius 2 is 1.92 bits per heavy atom. The SMILES string of the molecule is CC(C)S(=O)(=O)C(CN)C(=O)O. The number of hydrogen-bond acceptors (Lipinski definition) is 4. The molecule has 0 aromatic rings. The van der Waals surface area contributed by atoms with Gasteiger partial charge in [0.1, 0.15) is 0 Å². The predicted octanol–water partition coefficient (Wildman–Crippen LogP) is -0.778. The van der Waals surface area contributed by atoms with E-state index in [4.69, 9.17) is 10.8 Å². The van der Waals surface area contributed by atoms with E-state index in [1.54, 1.807) is 0 Å². The van der Waals surface area contributed by atoms with Gasteiger partial charge >= 0.3 is 5.97 Å². The van der Waals surface area contributed by atoms with E-state index in [1.165, 1.54) is 13.8 Å². The summed E-state index contributed by atoms with van der Waals surface area (Å²) >= 11 is 0. The van der Waals surface area contributed by atoms with Crippen LogP contribution < -0.4 is 5.73 Å². The van der Waals surface area contributed by atoms with Crippen molar-refractivity contribution in [1.29, 1.82) is 0 Å². The van der Waals surface area contributed by atoms with Crippen molar-refractivity contribution < 1.29 is 18.3 Å². The van der Waals surface area contributed by atoms with Crippen LogP contribution in [0, 0.1) is 0 Å². The number of aliphatic carboxylic acids is 1. The lowest BCUT2D eigenvalue weighted by molar-refractivity contribution is -0.136. The standard InChI is InChI=1S/C6H13NO4S/c1-4(2)12(10,11)5(3-7)6(8)9/h4-5H,3,7H2,1-2H3,(H,8,9). The van der Waals surface area contributed by atoms with Crippen LogP contribution >= 0.6 is 0 Å². The minimum Gasteiger partial charge on any atom is -0.480 e. The zero-order valence-corrected chi connectivity index (χ0v) is 7.84. The molecule has 0 spiro atoms. The van der Waals surface area contributed by atoms with E-state index in [0.717, 1.165) is 0 Å². The smallest absolute Gasteiger partial charge is 0.323 e. The van der Waals surface area contributed by atoms with Gasteiger partial charge in [0.15, 0.2) is 15.1 Å². The number of nitrogens with two attached hydrogens (primary N) is 1. The first-order valence-corrected chi connectivity index (χ1v) is 5.10. The fourth-order valence-electron chi connectivity index (χ4n) is 0.704. The largest absolute Gasteiger partial charge is 0.480 e. The highest BCUT2D eigenvalue weighted by Crippen LogP contribution is 2.08. The molecular formula is C6H13NO4S. The summed E-state index contributed by atoms with van der Waals surface area (Å²) in [5.74, 6) is -1.38. The van der Waals surface area contributed by atoms with Crippen LogP contribution in [0.4, 0.5) is 0 Å². The Bertz CT molecular complexity index is 257. The summed E-state index contributed by atoms with van der Waals surface area (Å²) in [6, 6.07) is 0. The van der Waals surface area contributed by atoms with Gasteiger partial charge in [0, 0.05) is 6.54 Å². The molecule has 0 saturated carbocycles. The topological polar surface area (TPSA) is 97.5 Å². The minimum absolute atomic E-state index is 0.379. The molecule has 1 unspecified atom stereocenters. The molecule has 0 fully saturated rings. The molecule has 0 heterocycles. The highest BCUT2D eigenvalue weighted by molar-refractivity contribution is 7.93. The fraction of sp³-hybridized carbons (Fsp3) is 0.833. The molecule has 1 atom stereocenters. The van der Waals surface area contributed by atoms with Gasteiger partial charge in [-0.05, 0) is 13.8 Å². The van der Waals surface area contributed by atoms with Gasteiger partial charge in [-0.25, -0.2) is 8.42 Å². The molecule has 0 bridgehead atoms. The summed E-state index contributed by atoms with van der Waals surface area (Å²) in [7, 11) is -3.61. The second-order valence-electron chi connectivity index (χ2n) is 2.70. The molecule has 0 saturated heterocycles. The summed E-state index contributed by atoms with van der Waals surface area (Å²) < 4.78 is 22.5. The first-order valence-electron chi connectivity index (χ1n) is 3.49. The molecule has 12 heavy (non-hydrogen) atoms. The average Bonchev–Trinajstić information content (AvgIpc) is 1.86. The highest BCUT2D eigenvalue weighted by Gasteiger charge is 2.33. The van der Waals surface area contributed by atoms with Gasteiger partial charge in [0.05, 0.1) is 5.25 Å². The van der Waals surface area contributed by atoms with Crippen molar-refractivity contribution >= 4 is 15.8 Å². The fourth-order valence-corrected chi connectivity index (χ4v) is 1.91. The van der Waals surface area contributed by atoms with Crippen LogP contribution in [0.25, 0.3) is 0 Å². The van der Waals surface area contributed by atoms with Crippen molar-refractivity contribution in [2.45, 2.75) is 24.3 Å². The summed E-state index contributed by atoms with van der Waals surface area (Å²) in [5, 5.41) is 6.32. The molecule has 0 aliphatic heterocycles. The van der Waals surface area contributed by atoms with E-state index < -0.39 is 26.3 Å². The van der Waals surface area contributed by atoms with Crippen LogP contribution in [0.1, 0.15) is 13.8 Å². The third kappa shape index (κ3) is 2.18. The highest BCUT2D eigenvalue weighted by atomic mass is 32.2. The zero-order chi connectivity index (χ0) is 9.94. The van der Waals surface area contributed by atoms with Crippen LogP contribution in [-0.2, 0) is 14.6 Å². The second-order valence-corrected chi connectivity index (χ2v) is 5.39. The number of carbonyl (C=O) groups is 1. The van der Waals surface area contributed by atoms with Crippen molar-refractivity contribution in [2.75, 3.05) is 6.54 Å². The molecule has 0 amide bonds. The van der Waals surface area contributed by atoms with Gasteiger partial charge in [0.25, 0.3) is 0 Å². The molecule has 0 aromatic heterocycles. The molecule has 6 heteroatoms. The molecule has 0 radical (unpaired) electrons. The summed E-state index contributed by atoms with van der Waals surface area (Å²) in [6.45, 7) is 2.48. The monoisotopic (exact) mass is 195 g/mol. The Morgan fingerprint density at radius 3 is 2.00 bits per heavy atom. The number of carboxylic acid groups (broad SMARTS) is 1. The third-order valence-electron chi connectivity index (χ3n) is 1.54. The van der Waals surface area contributed by atoms with Crippen molar-refractivity contribution in [2.24, 2.45) is 5.73 Å². The lowest BCUT2D eigenvalue weighted by Crippen LogP contribution is -2.40. The first-order chi connectivity index (χ1) is 5.34. The van der Waals surface area contributed by atoms with E-state index in [2.05, 4.69) is 0 Å². The molecule has 0 rings (SSSR count). The van der Waals surface area contributed by atoms with E-state index >= 15 is 0 Å². The van der Waals surface area contributed by atoms with Crippen LogP contribution in [-0.4, -0.2) is 36.5 Å². The van der Waals surface area contributed by atoms with Gasteiger partial charge < -0.3 is 10.8 Å². The Morgan fingerprint density at radius 1 is 1.50 bits per heavy atom. The maximum atomic E-state index is 11.2. The van der Waals surface area contributed by atoms with E-state index in [9.17, 15) is 13.2 Å². The number of rotatable bonds is 4. The van der Waals surface area contributed by atoms with Gasteiger partial charge in [-0.15, -0.1) is 0 Å². The van der Waals surface area contributed by atoms with Gasteiger partial charge in [-0.1, -0.05) is 0 Å². The van der Waals surface area contributed by atoms with Crippen molar-refractivity contribution in [3.05, 3.63) is 0 Å². The summed E-state index contributed by atoms with van der Waals surface area (Å²) in [6.07, 6.45) is 0. The molecular weight excluding hydrogens is 182 g/mol. The molecule has 72 valence electrons. The van der Waals surface area contributed by atoms with E-state index in [1.807, 2.05) is 0 Å². The van der Waals surface area contributed by atoms with Gasteiger partial charge in [-0.2, -0.15) is 0 Å². The minimum atomic E-state index is -3.61. The Labute approximate surface area is 71.5 Å². The van der Waals surface area contributed by atoms with Crippen LogP contribution in [0.3, 0.4) is 0 Å². The van der Waals surface area contributed by atoms with Crippen LogP contribution in [0.5, 0.6) is 0 Å². The lowest BCUT2D eigenvalue weighted by Gasteiger charge is -2.13. The normalized spacial score (nSPS) is 14.7. The van der Waals surface area contributed by atoms with E-state index in [-0.39, 0.29) is 6.54 Å². The molecule has 0 aliphatic rings. The third-order valence-corrected chi connectivity index (χ3v) is 4.04. The summed E-state index contributed by atoms with van der Waals surface area (Å²) in [4.78, 5) is 10.4. The summed E-state index contributed by atoms with van der Waals surface area (Å²) in [5.41, 5.74) is 5.04. The maximum Gasteiger partial charge on any atom is 0.323 e. The zero-order valence-electron chi connectivity index (χ0n) is 7.02. The van der Waals surface area contributed by atoms with Gasteiger partial charge in [-0.3, -0.25) is 4.79 Å². The Kier molecular flexibility index (Phi) is 3.66. The molecule has 0 aromatic carbocycles. The van der Waals surface area contributed by atoms with Crippen LogP contribution in [0.2, 0.25) is 0 Å². The van der Waals surface area contributed by atoms with E-state index in [0.29, 0.717) is 0 Å². The van der Waals surface area contributed by atoms with Crippen molar-refractivity contribution in [3.63, 3.8) is 0 Å². The Balaban J connectivity index is 4.87. The molecule has 3 N–H and O–H groups in total. The van der Waals surface area contributed by atoms with Crippen LogP contribution in [0.15, 0.2) is 0 Å². The quantitative estimate of drug-likeness (QED) is 0.613. The maximum absolute atomic E-state index is 11.2. The van der Waals surface area contributed by atoms with Crippen molar-refractivity contribution in [1.82, 2.24) is 0 Å². The number of hydrogen-bond donors (Lipinski definition) is 2. The molecule has 0 aliphatic carbocycles. The average molecular weight is 195 g/mol. The predicted molar refractivity (Wildman–Crippen MR) is 44.5 cm³/mol.